The van der Waals surface area contributed by atoms with E-state index < -0.39 is 0 Å². The Balaban J connectivity index is 1.61. The van der Waals surface area contributed by atoms with Crippen LogP contribution in [0.25, 0.3) is 10.9 Å². The summed E-state index contributed by atoms with van der Waals surface area (Å²) in [6, 6.07) is 9.45. The van der Waals surface area contributed by atoms with Crippen LogP contribution in [-0.2, 0) is 17.6 Å². The van der Waals surface area contributed by atoms with Gasteiger partial charge < -0.3 is 5.32 Å². The van der Waals surface area contributed by atoms with Crippen molar-refractivity contribution in [3.05, 3.63) is 59.0 Å². The Labute approximate surface area is 161 Å². The molecule has 4 rings (SSSR count). The number of carbonyl (C=O) groups is 1. The predicted octanol–water partition coefficient (Wildman–Crippen LogP) is 4.89. The molecule has 0 fully saturated rings. The molecule has 2 heterocycles. The monoisotopic (exact) mass is 383 g/mol. The van der Waals surface area contributed by atoms with Crippen molar-refractivity contribution in [3.63, 3.8) is 0 Å². The molecule has 132 valence electrons. The van der Waals surface area contributed by atoms with E-state index in [1.165, 1.54) is 16.9 Å². The Bertz CT molecular complexity index is 962. The number of hydrogen-bond donors (Lipinski definition) is 1. The molecule has 4 nitrogen and oxygen atoms in total. The molecular formula is C20H18ClN3OS. The maximum absolute atomic E-state index is 12.3. The number of benzene rings is 1. The third-order valence-electron chi connectivity index (χ3n) is 4.47. The summed E-state index contributed by atoms with van der Waals surface area (Å²) in [7, 11) is 0. The number of nitrogens with zero attached hydrogens (tertiary/aromatic N) is 2. The smallest absolute Gasteiger partial charge is 0.234 e. The number of amides is 1. The average Bonchev–Trinajstić information content (AvgIpc) is 2.65. The van der Waals surface area contributed by atoms with Gasteiger partial charge >= 0.3 is 0 Å². The summed E-state index contributed by atoms with van der Waals surface area (Å²) >= 11 is 7.74. The van der Waals surface area contributed by atoms with Crippen molar-refractivity contribution in [2.45, 2.75) is 30.6 Å². The molecule has 1 aliphatic carbocycles. The minimum absolute atomic E-state index is 0.0357. The number of thioether (sulfide) groups is 1. The lowest BCUT2D eigenvalue weighted by molar-refractivity contribution is -0.113. The first-order valence-corrected chi connectivity index (χ1v) is 10.0. The van der Waals surface area contributed by atoms with Crippen LogP contribution in [0.4, 0.5) is 5.69 Å². The molecule has 2 aromatic heterocycles. The van der Waals surface area contributed by atoms with E-state index in [-0.39, 0.29) is 5.91 Å². The first-order valence-electron chi connectivity index (χ1n) is 8.64. The highest BCUT2D eigenvalue weighted by atomic mass is 35.5. The van der Waals surface area contributed by atoms with E-state index in [9.17, 15) is 4.79 Å². The molecule has 0 spiro atoms. The topological polar surface area (TPSA) is 54.9 Å². The van der Waals surface area contributed by atoms with Crippen LogP contribution < -0.4 is 5.32 Å². The maximum Gasteiger partial charge on any atom is 0.234 e. The number of pyridine rings is 2. The maximum atomic E-state index is 12.3. The van der Waals surface area contributed by atoms with E-state index in [1.54, 1.807) is 30.2 Å². The summed E-state index contributed by atoms with van der Waals surface area (Å²) < 4.78 is 0. The highest BCUT2D eigenvalue weighted by Gasteiger charge is 2.19. The lowest BCUT2D eigenvalue weighted by Gasteiger charge is -2.20. The van der Waals surface area contributed by atoms with Gasteiger partial charge in [0.1, 0.15) is 0 Å². The third-order valence-corrected chi connectivity index (χ3v) is 5.86. The largest absolute Gasteiger partial charge is 0.324 e. The molecule has 0 atom stereocenters. The van der Waals surface area contributed by atoms with Crippen LogP contribution in [0.2, 0.25) is 5.02 Å². The van der Waals surface area contributed by atoms with Gasteiger partial charge in [0.15, 0.2) is 0 Å². The molecule has 1 aliphatic rings. The number of rotatable bonds is 4. The normalized spacial score (nSPS) is 13.4. The predicted molar refractivity (Wildman–Crippen MR) is 107 cm³/mol. The van der Waals surface area contributed by atoms with Gasteiger partial charge in [-0.3, -0.25) is 14.8 Å². The molecular weight excluding hydrogens is 366 g/mol. The molecule has 1 N–H and O–H groups in total. The number of anilines is 1. The zero-order valence-corrected chi connectivity index (χ0v) is 15.7. The highest BCUT2D eigenvalue weighted by Crippen LogP contribution is 2.36. The van der Waals surface area contributed by atoms with Gasteiger partial charge in [0.2, 0.25) is 5.91 Å². The van der Waals surface area contributed by atoms with Gasteiger partial charge in [-0.25, -0.2) is 0 Å². The minimum Gasteiger partial charge on any atom is -0.324 e. The first kappa shape index (κ1) is 17.3. The van der Waals surface area contributed by atoms with Crippen LogP contribution in [-0.4, -0.2) is 21.6 Å². The van der Waals surface area contributed by atoms with Crippen LogP contribution in [0, 0.1) is 0 Å². The van der Waals surface area contributed by atoms with Crippen molar-refractivity contribution < 1.29 is 4.79 Å². The Morgan fingerprint density at radius 3 is 2.96 bits per heavy atom. The molecule has 3 aromatic rings. The molecule has 26 heavy (non-hydrogen) atoms. The molecule has 0 saturated heterocycles. The third kappa shape index (κ3) is 3.69. The number of aryl methyl sites for hydroxylation is 1. The second-order valence-corrected chi connectivity index (χ2v) is 7.74. The van der Waals surface area contributed by atoms with Crippen LogP contribution in [0.5, 0.6) is 0 Å². The van der Waals surface area contributed by atoms with E-state index in [1.807, 2.05) is 24.3 Å². The van der Waals surface area contributed by atoms with Gasteiger partial charge in [-0.05, 0) is 55.5 Å². The molecule has 0 bridgehead atoms. The number of carbonyl (C=O) groups excluding carboxylic acids is 1. The fraction of sp³-hybridized carbons (Fsp3) is 0.250. The molecule has 0 radical (unpaired) electrons. The Kier molecular flexibility index (Phi) is 5.09. The second-order valence-electron chi connectivity index (χ2n) is 6.31. The number of halogens is 1. The fourth-order valence-corrected chi connectivity index (χ4v) is 4.53. The average molecular weight is 384 g/mol. The van der Waals surface area contributed by atoms with Crippen LogP contribution in [0.3, 0.4) is 0 Å². The number of nitrogens with one attached hydrogen (secondary N) is 1. The molecule has 1 aromatic carbocycles. The van der Waals surface area contributed by atoms with Gasteiger partial charge in [0.05, 0.1) is 23.2 Å². The summed E-state index contributed by atoms with van der Waals surface area (Å²) in [5.74, 6) is 0.315. The Hall–Kier alpha value is -2.11. The second kappa shape index (κ2) is 7.64. The minimum atomic E-state index is -0.0357. The van der Waals surface area contributed by atoms with E-state index in [4.69, 9.17) is 16.6 Å². The van der Waals surface area contributed by atoms with Gasteiger partial charge in [-0.1, -0.05) is 17.7 Å². The van der Waals surface area contributed by atoms with Crippen molar-refractivity contribution in [2.24, 2.45) is 0 Å². The molecule has 0 aliphatic heterocycles. The van der Waals surface area contributed by atoms with Gasteiger partial charge in [0.25, 0.3) is 0 Å². The zero-order valence-electron chi connectivity index (χ0n) is 14.2. The quantitative estimate of drug-likeness (QED) is 0.651. The number of aromatic nitrogens is 2. The highest BCUT2D eigenvalue weighted by molar-refractivity contribution is 8.00. The van der Waals surface area contributed by atoms with E-state index >= 15 is 0 Å². The van der Waals surface area contributed by atoms with Crippen molar-refractivity contribution >= 4 is 45.9 Å². The number of hydrogen-bond acceptors (Lipinski definition) is 4. The first-order chi connectivity index (χ1) is 12.7. The van der Waals surface area contributed by atoms with Crippen molar-refractivity contribution in [1.82, 2.24) is 9.97 Å². The van der Waals surface area contributed by atoms with Crippen LogP contribution >= 0.6 is 23.4 Å². The van der Waals surface area contributed by atoms with Gasteiger partial charge in [-0.2, -0.15) is 0 Å². The van der Waals surface area contributed by atoms with Crippen LogP contribution in [0.15, 0.2) is 47.6 Å². The van der Waals surface area contributed by atoms with E-state index in [0.29, 0.717) is 16.5 Å². The SMILES string of the molecule is O=C(CSc1c2c(nc3cc(Cl)ccc13)CCCC2)Nc1cccnc1. The van der Waals surface area contributed by atoms with Gasteiger partial charge in [-0.15, -0.1) is 11.8 Å². The summed E-state index contributed by atoms with van der Waals surface area (Å²) in [6.45, 7) is 0. The van der Waals surface area contributed by atoms with Gasteiger partial charge in [0, 0.05) is 27.2 Å². The standard InChI is InChI=1S/C20H18ClN3OS/c21-13-7-8-16-18(10-13)24-17-6-2-1-5-15(17)20(16)26-12-19(25)23-14-4-3-9-22-11-14/h3-4,7-11H,1-2,5-6,12H2,(H,23,25). The fourth-order valence-electron chi connectivity index (χ4n) is 3.29. The molecule has 6 heteroatoms. The van der Waals surface area contributed by atoms with Crippen LogP contribution in [0.1, 0.15) is 24.1 Å². The Morgan fingerprint density at radius 2 is 2.12 bits per heavy atom. The molecule has 0 saturated carbocycles. The molecule has 1 amide bonds. The summed E-state index contributed by atoms with van der Waals surface area (Å²) in [6.07, 6.45) is 7.68. The van der Waals surface area contributed by atoms with Crippen molar-refractivity contribution in [3.8, 4) is 0 Å². The zero-order chi connectivity index (χ0) is 17.9. The summed E-state index contributed by atoms with van der Waals surface area (Å²) in [5, 5.41) is 4.65. The van der Waals surface area contributed by atoms with Crippen molar-refractivity contribution in [2.75, 3.05) is 11.1 Å². The Morgan fingerprint density at radius 1 is 1.23 bits per heavy atom. The summed E-state index contributed by atoms with van der Waals surface area (Å²) in [4.78, 5) is 22.4. The number of fused-ring (bicyclic) bond motifs is 2. The van der Waals surface area contributed by atoms with E-state index in [0.717, 1.165) is 35.9 Å². The lowest BCUT2D eigenvalue weighted by atomic mass is 9.94. The lowest BCUT2D eigenvalue weighted by Crippen LogP contribution is -2.15. The molecule has 0 unspecified atom stereocenters. The van der Waals surface area contributed by atoms with Crippen molar-refractivity contribution in [1.29, 1.82) is 0 Å². The summed E-state index contributed by atoms with van der Waals surface area (Å²) in [5.41, 5.74) is 4.08. The van der Waals surface area contributed by atoms with E-state index in [2.05, 4.69) is 10.3 Å².